The van der Waals surface area contributed by atoms with Crippen LogP contribution in [-0.4, -0.2) is 27.6 Å². The Balaban J connectivity index is 3.05. The largest absolute Gasteiger partial charge is 0.508 e. The normalized spacial score (nSPS) is 15.8. The van der Waals surface area contributed by atoms with Gasteiger partial charge >= 0.3 is 6.18 Å². The third kappa shape index (κ3) is 2.56. The van der Waals surface area contributed by atoms with Crippen LogP contribution in [0.1, 0.15) is 11.6 Å². The number of hydrogen-bond acceptors (Lipinski definition) is 4. The summed E-state index contributed by atoms with van der Waals surface area (Å²) < 4.78 is 36.4. The standard InChI is InChI=1S/C9H10F3NO3/c10-9(11,12)8(16)7(13)5-3-4(14)1-2-6(5)15/h1-3,7-8,14-16H,13H2/t7-,8-/m1/s1. The smallest absolute Gasteiger partial charge is 0.416 e. The average molecular weight is 237 g/mol. The summed E-state index contributed by atoms with van der Waals surface area (Å²) in [5.41, 5.74) is 4.78. The first-order valence-electron chi connectivity index (χ1n) is 4.25. The summed E-state index contributed by atoms with van der Waals surface area (Å²) in [6.45, 7) is 0. The molecule has 7 heteroatoms. The van der Waals surface area contributed by atoms with Crippen molar-refractivity contribution in [2.75, 3.05) is 0 Å². The number of alkyl halides is 3. The quantitative estimate of drug-likeness (QED) is 0.578. The fourth-order valence-electron chi connectivity index (χ4n) is 1.18. The van der Waals surface area contributed by atoms with Crippen LogP contribution in [0.5, 0.6) is 11.5 Å². The van der Waals surface area contributed by atoms with Crippen LogP contribution < -0.4 is 5.73 Å². The van der Waals surface area contributed by atoms with Crippen molar-refractivity contribution in [1.29, 1.82) is 0 Å². The maximum Gasteiger partial charge on any atom is 0.416 e. The molecule has 0 aliphatic rings. The number of rotatable bonds is 2. The van der Waals surface area contributed by atoms with Crippen molar-refractivity contribution in [2.24, 2.45) is 5.73 Å². The third-order valence-corrected chi connectivity index (χ3v) is 2.05. The Morgan fingerprint density at radius 2 is 1.75 bits per heavy atom. The van der Waals surface area contributed by atoms with E-state index in [1.807, 2.05) is 0 Å². The van der Waals surface area contributed by atoms with Gasteiger partial charge in [0.25, 0.3) is 0 Å². The SMILES string of the molecule is N[C@H](c1cc(O)ccc1O)[C@@H](O)C(F)(F)F. The van der Waals surface area contributed by atoms with E-state index in [2.05, 4.69) is 0 Å². The predicted octanol–water partition coefficient (Wildman–Crippen LogP) is 1.02. The van der Waals surface area contributed by atoms with Crippen molar-refractivity contribution in [1.82, 2.24) is 0 Å². The maximum atomic E-state index is 12.1. The minimum absolute atomic E-state index is 0.349. The molecule has 0 heterocycles. The fraction of sp³-hybridized carbons (Fsp3) is 0.333. The Kier molecular flexibility index (Phi) is 3.30. The monoisotopic (exact) mass is 237 g/mol. The van der Waals surface area contributed by atoms with Gasteiger partial charge in [0, 0.05) is 5.56 Å². The maximum absolute atomic E-state index is 12.1. The van der Waals surface area contributed by atoms with Crippen molar-refractivity contribution >= 4 is 0 Å². The second-order valence-electron chi connectivity index (χ2n) is 3.26. The molecule has 0 radical (unpaired) electrons. The molecule has 2 atom stereocenters. The summed E-state index contributed by atoms with van der Waals surface area (Å²) in [6.07, 6.45) is -7.70. The van der Waals surface area contributed by atoms with Crippen LogP contribution in [0.2, 0.25) is 0 Å². The lowest BCUT2D eigenvalue weighted by molar-refractivity contribution is -0.210. The van der Waals surface area contributed by atoms with E-state index in [0.29, 0.717) is 0 Å². The summed E-state index contributed by atoms with van der Waals surface area (Å²) in [4.78, 5) is 0. The van der Waals surface area contributed by atoms with Crippen LogP contribution >= 0.6 is 0 Å². The molecule has 4 nitrogen and oxygen atoms in total. The second kappa shape index (κ2) is 4.18. The molecule has 0 saturated heterocycles. The van der Waals surface area contributed by atoms with Crippen LogP contribution in [0.15, 0.2) is 18.2 Å². The van der Waals surface area contributed by atoms with E-state index in [1.54, 1.807) is 0 Å². The number of aliphatic hydroxyl groups excluding tert-OH is 1. The highest BCUT2D eigenvalue weighted by molar-refractivity contribution is 5.41. The van der Waals surface area contributed by atoms with E-state index in [1.165, 1.54) is 0 Å². The molecule has 0 spiro atoms. The Bertz CT molecular complexity index is 381. The highest BCUT2D eigenvalue weighted by Gasteiger charge is 2.43. The molecule has 1 rings (SSSR count). The molecule has 16 heavy (non-hydrogen) atoms. The van der Waals surface area contributed by atoms with E-state index >= 15 is 0 Å². The summed E-state index contributed by atoms with van der Waals surface area (Å²) in [6, 6.07) is 1.10. The van der Waals surface area contributed by atoms with Crippen molar-refractivity contribution in [2.45, 2.75) is 18.3 Å². The number of benzene rings is 1. The van der Waals surface area contributed by atoms with Gasteiger partial charge in [0.1, 0.15) is 11.5 Å². The third-order valence-electron chi connectivity index (χ3n) is 2.05. The van der Waals surface area contributed by atoms with Crippen LogP contribution in [0.4, 0.5) is 13.2 Å². The summed E-state index contributed by atoms with van der Waals surface area (Å²) >= 11 is 0. The van der Waals surface area contributed by atoms with Gasteiger partial charge in [-0.3, -0.25) is 0 Å². The zero-order valence-electron chi connectivity index (χ0n) is 7.94. The molecule has 5 N–H and O–H groups in total. The number of nitrogens with two attached hydrogens (primary N) is 1. The van der Waals surface area contributed by atoms with Crippen LogP contribution in [-0.2, 0) is 0 Å². The molecule has 1 aromatic rings. The zero-order chi connectivity index (χ0) is 12.5. The van der Waals surface area contributed by atoms with Crippen LogP contribution in [0, 0.1) is 0 Å². The molecule has 1 aromatic carbocycles. The van der Waals surface area contributed by atoms with Gasteiger partial charge in [-0.1, -0.05) is 0 Å². The van der Waals surface area contributed by atoms with Crippen LogP contribution in [0.25, 0.3) is 0 Å². The van der Waals surface area contributed by atoms with E-state index in [9.17, 15) is 18.3 Å². The van der Waals surface area contributed by atoms with Gasteiger partial charge in [0.15, 0.2) is 6.10 Å². The Morgan fingerprint density at radius 1 is 1.19 bits per heavy atom. The summed E-state index contributed by atoms with van der Waals surface area (Å²) in [7, 11) is 0. The lowest BCUT2D eigenvalue weighted by Gasteiger charge is -2.22. The molecule has 0 saturated carbocycles. The number of aromatic hydroxyl groups is 2. The first kappa shape index (κ1) is 12.6. The molecular formula is C9H10F3NO3. The number of hydrogen-bond donors (Lipinski definition) is 4. The number of aliphatic hydroxyl groups is 1. The summed E-state index contributed by atoms with van der Waals surface area (Å²) in [5, 5.41) is 27.2. The van der Waals surface area contributed by atoms with Gasteiger partial charge < -0.3 is 21.1 Å². The predicted molar refractivity (Wildman–Crippen MR) is 48.8 cm³/mol. The summed E-state index contributed by atoms with van der Waals surface area (Å²) in [5.74, 6) is -0.869. The topological polar surface area (TPSA) is 86.7 Å². The van der Waals surface area contributed by atoms with E-state index in [-0.39, 0.29) is 11.3 Å². The molecule has 0 aliphatic carbocycles. The first-order valence-corrected chi connectivity index (χ1v) is 4.25. The molecule has 90 valence electrons. The Labute approximate surface area is 88.7 Å². The van der Waals surface area contributed by atoms with Gasteiger partial charge in [0.05, 0.1) is 6.04 Å². The molecule has 0 aliphatic heterocycles. The van der Waals surface area contributed by atoms with E-state index in [4.69, 9.17) is 15.9 Å². The van der Waals surface area contributed by atoms with Gasteiger partial charge in [0.2, 0.25) is 0 Å². The van der Waals surface area contributed by atoms with Crippen molar-refractivity contribution in [3.8, 4) is 11.5 Å². The number of phenolic OH excluding ortho intramolecular Hbond substituents is 2. The van der Waals surface area contributed by atoms with Crippen molar-refractivity contribution < 1.29 is 28.5 Å². The minimum atomic E-state index is -4.89. The van der Waals surface area contributed by atoms with Crippen LogP contribution in [0.3, 0.4) is 0 Å². The molecule has 0 amide bonds. The lowest BCUT2D eigenvalue weighted by Crippen LogP contribution is -2.38. The molecule has 0 fully saturated rings. The lowest BCUT2D eigenvalue weighted by atomic mass is 10.0. The zero-order valence-corrected chi connectivity index (χ0v) is 7.94. The number of phenols is 2. The molecule has 0 bridgehead atoms. The van der Waals surface area contributed by atoms with Crippen molar-refractivity contribution in [3.63, 3.8) is 0 Å². The minimum Gasteiger partial charge on any atom is -0.508 e. The fourth-order valence-corrected chi connectivity index (χ4v) is 1.18. The second-order valence-corrected chi connectivity index (χ2v) is 3.26. The number of halogens is 3. The molecule has 0 aromatic heterocycles. The highest BCUT2D eigenvalue weighted by atomic mass is 19.4. The van der Waals surface area contributed by atoms with Gasteiger partial charge in [-0.2, -0.15) is 13.2 Å². The Morgan fingerprint density at radius 3 is 2.25 bits per heavy atom. The van der Waals surface area contributed by atoms with Gasteiger partial charge in [-0.25, -0.2) is 0 Å². The van der Waals surface area contributed by atoms with Gasteiger partial charge in [-0.05, 0) is 18.2 Å². The van der Waals surface area contributed by atoms with E-state index < -0.39 is 24.1 Å². The van der Waals surface area contributed by atoms with Crippen molar-refractivity contribution in [3.05, 3.63) is 23.8 Å². The average Bonchev–Trinajstić information content (AvgIpc) is 2.18. The molecular weight excluding hydrogens is 227 g/mol. The highest BCUT2D eigenvalue weighted by Crippen LogP contribution is 2.34. The van der Waals surface area contributed by atoms with Gasteiger partial charge in [-0.15, -0.1) is 0 Å². The van der Waals surface area contributed by atoms with E-state index in [0.717, 1.165) is 18.2 Å². The first-order chi connectivity index (χ1) is 7.23. The molecule has 0 unspecified atom stereocenters. The Hall–Kier alpha value is -1.47.